The Bertz CT molecular complexity index is 515. The molecule has 2 rings (SSSR count). The molecule has 5 heteroatoms. The molecule has 78 valence electrons. The number of rotatable bonds is 2. The summed E-state index contributed by atoms with van der Waals surface area (Å²) in [6, 6.07) is 5.95. The van der Waals surface area contributed by atoms with Crippen molar-refractivity contribution in [2.75, 3.05) is 0 Å². The van der Waals surface area contributed by atoms with E-state index >= 15 is 0 Å². The van der Waals surface area contributed by atoms with Gasteiger partial charge in [0.25, 0.3) is 0 Å². The van der Waals surface area contributed by atoms with Crippen LogP contribution in [0.1, 0.15) is 10.4 Å². The minimum Gasteiger partial charge on any atom is -0.494 e. The topological polar surface area (TPSA) is 53.1 Å². The first-order valence-corrected chi connectivity index (χ1v) is 5.12. The van der Waals surface area contributed by atoms with Crippen LogP contribution in [0.3, 0.4) is 0 Å². The van der Waals surface area contributed by atoms with E-state index in [1.165, 1.54) is 12.1 Å². The minimum atomic E-state index is -0.301. The summed E-state index contributed by atoms with van der Waals surface area (Å²) in [6.45, 7) is 0. The molecule has 2 N–H and O–H groups in total. The summed E-state index contributed by atoms with van der Waals surface area (Å²) in [5.74, 6) is -0.403. The largest absolute Gasteiger partial charge is 0.494 e. The van der Waals surface area contributed by atoms with E-state index in [1.807, 2.05) is 0 Å². The molecule has 0 bridgehead atoms. The molecule has 0 atom stereocenters. The smallest absolute Gasteiger partial charge is 0.307 e. The Labute approximate surface area is 88.8 Å². The molecular weight excluding hydrogens is 217 g/mol. The summed E-state index contributed by atoms with van der Waals surface area (Å²) >= 11 is 0.959. The fraction of sp³-hybridized carbons (Fsp3) is 0.100. The maximum atomic E-state index is 12.6. The molecule has 0 saturated carbocycles. The zero-order valence-electron chi connectivity index (χ0n) is 7.66. The Morgan fingerprint density at radius 3 is 2.53 bits per heavy atom. The van der Waals surface area contributed by atoms with E-state index in [4.69, 9.17) is 0 Å². The predicted octanol–water partition coefficient (Wildman–Crippen LogP) is 1.87. The van der Waals surface area contributed by atoms with E-state index in [0.29, 0.717) is 11.3 Å². The number of halogens is 1. The zero-order chi connectivity index (χ0) is 10.8. The number of aromatic hydroxyl groups is 1. The lowest BCUT2D eigenvalue weighted by atomic mass is 10.1. The standard InChI is InChI=1S/C10H8FNO2S/c11-7-3-1-6(2-4-7)5-8-9(13)12-10(14)15-8/h1-4,13H,5H2,(H,12,14). The van der Waals surface area contributed by atoms with Crippen LogP contribution < -0.4 is 4.87 Å². The first-order chi connectivity index (χ1) is 7.15. The van der Waals surface area contributed by atoms with Gasteiger partial charge in [-0.15, -0.1) is 0 Å². The first-order valence-electron chi connectivity index (χ1n) is 4.30. The molecule has 0 aliphatic heterocycles. The van der Waals surface area contributed by atoms with Crippen molar-refractivity contribution in [1.29, 1.82) is 0 Å². The molecule has 0 unspecified atom stereocenters. The van der Waals surface area contributed by atoms with E-state index in [9.17, 15) is 14.3 Å². The van der Waals surface area contributed by atoms with Gasteiger partial charge in [-0.25, -0.2) is 4.39 Å². The number of aromatic nitrogens is 1. The van der Waals surface area contributed by atoms with Crippen molar-refractivity contribution in [3.63, 3.8) is 0 Å². The molecule has 0 aliphatic carbocycles. The van der Waals surface area contributed by atoms with Crippen LogP contribution in [0.4, 0.5) is 4.39 Å². The Hall–Kier alpha value is -1.62. The molecule has 0 amide bonds. The summed E-state index contributed by atoms with van der Waals surface area (Å²) in [5, 5.41) is 9.33. The zero-order valence-corrected chi connectivity index (χ0v) is 8.47. The van der Waals surface area contributed by atoms with Crippen LogP contribution in [0, 0.1) is 5.82 Å². The van der Waals surface area contributed by atoms with E-state index in [1.54, 1.807) is 12.1 Å². The van der Waals surface area contributed by atoms with E-state index in [-0.39, 0.29) is 16.6 Å². The second-order valence-corrected chi connectivity index (χ2v) is 4.16. The van der Waals surface area contributed by atoms with Crippen LogP contribution in [0.25, 0.3) is 0 Å². The van der Waals surface area contributed by atoms with Gasteiger partial charge in [0.15, 0.2) is 0 Å². The lowest BCUT2D eigenvalue weighted by Crippen LogP contribution is -1.89. The third kappa shape index (κ3) is 2.24. The maximum Gasteiger partial charge on any atom is 0.307 e. The Balaban J connectivity index is 2.25. The van der Waals surface area contributed by atoms with Gasteiger partial charge in [-0.3, -0.25) is 9.78 Å². The number of aromatic amines is 1. The van der Waals surface area contributed by atoms with Gasteiger partial charge >= 0.3 is 4.87 Å². The van der Waals surface area contributed by atoms with Crippen LogP contribution in [0.5, 0.6) is 5.88 Å². The number of nitrogens with one attached hydrogen (secondary N) is 1. The van der Waals surface area contributed by atoms with Crippen molar-refractivity contribution in [1.82, 2.24) is 4.98 Å². The second-order valence-electron chi connectivity index (χ2n) is 3.09. The second kappa shape index (κ2) is 3.86. The third-order valence-electron chi connectivity index (χ3n) is 1.98. The molecule has 3 nitrogen and oxygen atoms in total. The van der Waals surface area contributed by atoms with Gasteiger partial charge in [0, 0.05) is 6.42 Å². The van der Waals surface area contributed by atoms with Gasteiger partial charge in [-0.1, -0.05) is 23.5 Å². The predicted molar refractivity (Wildman–Crippen MR) is 55.8 cm³/mol. The van der Waals surface area contributed by atoms with Crippen LogP contribution in [0.15, 0.2) is 29.1 Å². The van der Waals surface area contributed by atoms with Crippen molar-refractivity contribution in [3.05, 3.63) is 50.2 Å². The maximum absolute atomic E-state index is 12.6. The number of benzene rings is 1. The normalized spacial score (nSPS) is 10.5. The van der Waals surface area contributed by atoms with Gasteiger partial charge in [0.2, 0.25) is 5.88 Å². The summed E-state index contributed by atoms with van der Waals surface area (Å²) in [4.78, 5) is 13.5. The highest BCUT2D eigenvalue weighted by atomic mass is 32.1. The van der Waals surface area contributed by atoms with E-state index in [0.717, 1.165) is 16.9 Å². The van der Waals surface area contributed by atoms with Crippen molar-refractivity contribution >= 4 is 11.3 Å². The molecule has 1 aromatic heterocycles. The van der Waals surface area contributed by atoms with Gasteiger partial charge in [-0.05, 0) is 17.7 Å². The SMILES string of the molecule is O=c1[nH]c(O)c(Cc2ccc(F)cc2)s1. The first kappa shape index (κ1) is 9.92. The van der Waals surface area contributed by atoms with Crippen molar-refractivity contribution in [2.45, 2.75) is 6.42 Å². The van der Waals surface area contributed by atoms with Crippen LogP contribution in [-0.2, 0) is 6.42 Å². The molecule has 0 saturated heterocycles. The van der Waals surface area contributed by atoms with Crippen LogP contribution in [0.2, 0.25) is 0 Å². The summed E-state index contributed by atoms with van der Waals surface area (Å²) < 4.78 is 12.6. The molecular formula is C10H8FNO2S. The van der Waals surface area contributed by atoms with Gasteiger partial charge < -0.3 is 5.11 Å². The molecule has 0 aliphatic rings. The van der Waals surface area contributed by atoms with Crippen molar-refractivity contribution < 1.29 is 9.50 Å². The highest BCUT2D eigenvalue weighted by Gasteiger charge is 2.07. The molecule has 1 aromatic carbocycles. The third-order valence-corrected chi connectivity index (χ3v) is 2.85. The lowest BCUT2D eigenvalue weighted by molar-refractivity contribution is 0.451. The number of hydrogen-bond acceptors (Lipinski definition) is 3. The molecule has 0 fully saturated rings. The molecule has 0 radical (unpaired) electrons. The number of thiazole rings is 1. The van der Waals surface area contributed by atoms with Crippen LogP contribution in [-0.4, -0.2) is 10.1 Å². The highest BCUT2D eigenvalue weighted by molar-refractivity contribution is 7.09. The van der Waals surface area contributed by atoms with Gasteiger partial charge in [-0.2, -0.15) is 0 Å². The van der Waals surface area contributed by atoms with E-state index in [2.05, 4.69) is 4.98 Å². The summed E-state index contributed by atoms with van der Waals surface area (Å²) in [7, 11) is 0. The summed E-state index contributed by atoms with van der Waals surface area (Å²) in [5.41, 5.74) is 0.849. The quantitative estimate of drug-likeness (QED) is 0.819. The molecule has 1 heterocycles. The highest BCUT2D eigenvalue weighted by Crippen LogP contribution is 2.20. The van der Waals surface area contributed by atoms with Gasteiger partial charge in [0.05, 0.1) is 4.88 Å². The summed E-state index contributed by atoms with van der Waals surface area (Å²) in [6.07, 6.45) is 0.426. The van der Waals surface area contributed by atoms with E-state index < -0.39 is 0 Å². The average molecular weight is 225 g/mol. The number of hydrogen-bond donors (Lipinski definition) is 2. The Kier molecular flexibility index (Phi) is 2.55. The van der Waals surface area contributed by atoms with Crippen molar-refractivity contribution in [3.8, 4) is 5.88 Å². The monoisotopic (exact) mass is 225 g/mol. The van der Waals surface area contributed by atoms with Crippen molar-refractivity contribution in [2.24, 2.45) is 0 Å². The van der Waals surface area contributed by atoms with Gasteiger partial charge in [0.1, 0.15) is 5.82 Å². The Morgan fingerprint density at radius 1 is 1.33 bits per heavy atom. The fourth-order valence-electron chi connectivity index (χ4n) is 1.26. The number of H-pyrrole nitrogens is 1. The van der Waals surface area contributed by atoms with Crippen LogP contribution >= 0.6 is 11.3 Å². The fourth-order valence-corrected chi connectivity index (χ4v) is 2.02. The average Bonchev–Trinajstić information content (AvgIpc) is 2.49. The minimum absolute atomic E-state index is 0.102. The molecule has 2 aromatic rings. The lowest BCUT2D eigenvalue weighted by Gasteiger charge is -1.98. The Morgan fingerprint density at radius 2 is 2.00 bits per heavy atom. The molecule has 15 heavy (non-hydrogen) atoms. The molecule has 0 spiro atoms.